The van der Waals surface area contributed by atoms with Crippen molar-refractivity contribution in [2.24, 2.45) is 0 Å². The summed E-state index contributed by atoms with van der Waals surface area (Å²) in [4.78, 5) is 5.25. The van der Waals surface area contributed by atoms with Crippen molar-refractivity contribution < 1.29 is 8.83 Å². The van der Waals surface area contributed by atoms with Gasteiger partial charge in [-0.25, -0.2) is 0 Å². The molecule has 4 heterocycles. The van der Waals surface area contributed by atoms with Gasteiger partial charge in [0, 0.05) is 32.9 Å². The van der Waals surface area contributed by atoms with Crippen molar-refractivity contribution in [3.63, 3.8) is 0 Å². The van der Waals surface area contributed by atoms with Crippen LogP contribution in [-0.2, 0) is 10.8 Å². The molecule has 4 nitrogen and oxygen atoms in total. The zero-order chi connectivity index (χ0) is 42.5. The Morgan fingerprint density at radius 2 is 0.778 bits per heavy atom. The van der Waals surface area contributed by atoms with Crippen molar-refractivity contribution in [1.29, 1.82) is 0 Å². The lowest BCUT2D eigenvalue weighted by Crippen LogP contribution is -2.61. The second-order valence-electron chi connectivity index (χ2n) is 19.6. The van der Waals surface area contributed by atoms with Crippen LogP contribution in [0.15, 0.2) is 173 Å². The van der Waals surface area contributed by atoms with Crippen LogP contribution >= 0.6 is 0 Å². The summed E-state index contributed by atoms with van der Waals surface area (Å²) in [6.45, 7) is 14.0. The maximum absolute atomic E-state index is 6.76. The van der Waals surface area contributed by atoms with Crippen molar-refractivity contribution >= 4 is 123 Å². The van der Waals surface area contributed by atoms with Gasteiger partial charge in [-0.1, -0.05) is 169 Å². The summed E-state index contributed by atoms with van der Waals surface area (Å²) in [5, 5.41) is 9.37. The lowest BCUT2D eigenvalue weighted by Gasteiger charge is -2.46. The Morgan fingerprint density at radius 1 is 0.365 bits per heavy atom. The maximum atomic E-state index is 6.76. The van der Waals surface area contributed by atoms with E-state index in [0.29, 0.717) is 0 Å². The van der Waals surface area contributed by atoms with E-state index in [9.17, 15) is 0 Å². The van der Waals surface area contributed by atoms with E-state index in [2.05, 4.69) is 215 Å². The van der Waals surface area contributed by atoms with Crippen LogP contribution < -0.4 is 26.2 Å². The Morgan fingerprint density at radius 3 is 1.22 bits per heavy atom. The highest BCUT2D eigenvalue weighted by molar-refractivity contribution is 7.01. The minimum absolute atomic E-state index is 0.106. The third kappa shape index (κ3) is 4.99. The van der Waals surface area contributed by atoms with Gasteiger partial charge in [-0.15, -0.1) is 0 Å². The largest absolute Gasteiger partial charge is 0.456 e. The van der Waals surface area contributed by atoms with Gasteiger partial charge in [0.2, 0.25) is 0 Å². The quantitative estimate of drug-likeness (QED) is 0.163. The van der Waals surface area contributed by atoms with E-state index in [1.54, 1.807) is 0 Å². The molecule has 0 spiro atoms. The van der Waals surface area contributed by atoms with E-state index in [1.807, 2.05) is 0 Å². The minimum Gasteiger partial charge on any atom is -0.456 e. The standard InChI is InChI=1S/C58H45BN2O2/c1-57(2,3)40-28-26-34-16-7-9-18-36(34)53(40)60-44-22-15-23-45-52(44)59(42-30-32-48-50(55(42)60)38-20-11-13-24-46(38)62-48)43-31-33-49-51(39-21-12-14-25-47(39)63-49)56(43)61(45)54-37-19-10-8-17-35(37)27-29-41(54)58(4,5)6/h7-33H,1-6H3. The maximum Gasteiger partial charge on any atom is 0.252 e. The molecule has 0 fully saturated rings. The van der Waals surface area contributed by atoms with Crippen molar-refractivity contribution in [1.82, 2.24) is 0 Å². The summed E-state index contributed by atoms with van der Waals surface area (Å²) >= 11 is 0. The monoisotopic (exact) mass is 812 g/mol. The molecule has 11 aromatic rings. The fourth-order valence-electron chi connectivity index (χ4n) is 11.2. The lowest BCUT2D eigenvalue weighted by atomic mass is 9.33. The zero-order valence-electron chi connectivity index (χ0n) is 36.4. The molecule has 2 aliphatic rings. The number of anilines is 6. The average molecular weight is 813 g/mol. The van der Waals surface area contributed by atoms with Crippen molar-refractivity contribution in [3.8, 4) is 0 Å². The third-order valence-corrected chi connectivity index (χ3v) is 13.9. The predicted molar refractivity (Wildman–Crippen MR) is 267 cm³/mol. The number of hydrogen-bond donors (Lipinski definition) is 0. The van der Waals surface area contributed by atoms with E-state index in [0.717, 1.165) is 43.9 Å². The van der Waals surface area contributed by atoms with Crippen LogP contribution in [0.3, 0.4) is 0 Å². The first kappa shape index (κ1) is 36.4. The summed E-state index contributed by atoms with van der Waals surface area (Å²) in [5.41, 5.74) is 16.7. The van der Waals surface area contributed by atoms with Crippen molar-refractivity contribution in [2.45, 2.75) is 52.4 Å². The van der Waals surface area contributed by atoms with Gasteiger partial charge >= 0.3 is 0 Å². The molecule has 302 valence electrons. The van der Waals surface area contributed by atoms with Crippen LogP contribution in [0.2, 0.25) is 0 Å². The van der Waals surface area contributed by atoms with Gasteiger partial charge in [-0.3, -0.25) is 0 Å². The van der Waals surface area contributed by atoms with Crippen molar-refractivity contribution in [2.75, 3.05) is 9.80 Å². The Balaban J connectivity index is 1.26. The second-order valence-corrected chi connectivity index (χ2v) is 19.6. The molecule has 0 saturated heterocycles. The summed E-state index contributed by atoms with van der Waals surface area (Å²) < 4.78 is 13.5. The number of benzene rings is 9. The Labute approximate surface area is 367 Å². The van der Waals surface area contributed by atoms with E-state index in [1.165, 1.54) is 83.2 Å². The Hall–Kier alpha value is -7.24. The van der Waals surface area contributed by atoms with Crippen molar-refractivity contribution in [3.05, 3.63) is 175 Å². The second kappa shape index (κ2) is 12.7. The normalized spacial score (nSPS) is 13.8. The molecular formula is C58H45BN2O2. The molecule has 0 saturated carbocycles. The highest BCUT2D eigenvalue weighted by atomic mass is 16.3. The molecule has 0 bridgehead atoms. The van der Waals surface area contributed by atoms with Crippen LogP contribution in [0.25, 0.3) is 65.4 Å². The van der Waals surface area contributed by atoms with Crippen LogP contribution in [-0.4, -0.2) is 6.71 Å². The summed E-state index contributed by atoms with van der Waals surface area (Å²) in [7, 11) is 0. The van der Waals surface area contributed by atoms with Crippen LogP contribution in [0.5, 0.6) is 0 Å². The van der Waals surface area contributed by atoms with E-state index >= 15 is 0 Å². The molecule has 0 N–H and O–H groups in total. The van der Waals surface area contributed by atoms with Gasteiger partial charge in [-0.05, 0) is 85.5 Å². The number of fused-ring (bicyclic) bond motifs is 14. The lowest BCUT2D eigenvalue weighted by molar-refractivity contribution is 0.591. The molecule has 2 aromatic heterocycles. The number of rotatable bonds is 2. The van der Waals surface area contributed by atoms with Gasteiger partial charge in [0.1, 0.15) is 22.3 Å². The Bertz CT molecular complexity index is 3510. The smallest absolute Gasteiger partial charge is 0.252 e. The minimum atomic E-state index is -0.172. The first-order chi connectivity index (χ1) is 30.6. The first-order valence-corrected chi connectivity index (χ1v) is 22.2. The molecule has 0 radical (unpaired) electrons. The molecule has 2 aliphatic heterocycles. The number of hydrogen-bond acceptors (Lipinski definition) is 4. The molecule has 5 heteroatoms. The third-order valence-electron chi connectivity index (χ3n) is 13.9. The van der Waals surface area contributed by atoms with Gasteiger partial charge in [0.05, 0.1) is 33.5 Å². The fraction of sp³-hybridized carbons (Fsp3) is 0.138. The predicted octanol–water partition coefficient (Wildman–Crippen LogP) is 14.5. The van der Waals surface area contributed by atoms with Crippen LogP contribution in [0.4, 0.5) is 34.1 Å². The number of nitrogens with zero attached hydrogens (tertiary/aromatic N) is 2. The van der Waals surface area contributed by atoms with Gasteiger partial charge in [0.15, 0.2) is 0 Å². The van der Waals surface area contributed by atoms with E-state index in [-0.39, 0.29) is 17.5 Å². The number of para-hydroxylation sites is 2. The summed E-state index contributed by atoms with van der Waals surface area (Å²) in [6.07, 6.45) is 0. The van der Waals surface area contributed by atoms with E-state index in [4.69, 9.17) is 8.83 Å². The van der Waals surface area contributed by atoms with Gasteiger partial charge in [-0.2, -0.15) is 0 Å². The molecular weight excluding hydrogens is 767 g/mol. The first-order valence-electron chi connectivity index (χ1n) is 22.2. The Kier molecular flexibility index (Phi) is 7.33. The fourth-order valence-corrected chi connectivity index (χ4v) is 11.2. The molecule has 0 unspecified atom stereocenters. The highest BCUT2D eigenvalue weighted by Crippen LogP contribution is 2.54. The molecule has 0 aliphatic carbocycles. The van der Waals surface area contributed by atoms with E-state index < -0.39 is 0 Å². The van der Waals surface area contributed by atoms with Gasteiger partial charge < -0.3 is 18.6 Å². The SMILES string of the molecule is CC(C)(C)c1ccc2ccccc2c1N1c2cccc3c2B(c2ccc4oc5ccccc5c4c21)c1ccc2oc4ccccc4c2c1N3c1c(C(C)(C)C)ccc2ccccc12. The molecule has 0 atom stereocenters. The highest BCUT2D eigenvalue weighted by Gasteiger charge is 2.47. The molecule has 9 aromatic carbocycles. The molecule has 63 heavy (non-hydrogen) atoms. The average Bonchev–Trinajstić information content (AvgIpc) is 3.86. The van der Waals surface area contributed by atoms with Gasteiger partial charge in [0.25, 0.3) is 6.71 Å². The zero-order valence-corrected chi connectivity index (χ0v) is 36.4. The molecule has 0 amide bonds. The van der Waals surface area contributed by atoms with Crippen LogP contribution in [0, 0.1) is 0 Å². The molecule has 13 rings (SSSR count). The summed E-state index contributed by atoms with van der Waals surface area (Å²) in [5.74, 6) is 0. The number of furan rings is 2. The summed E-state index contributed by atoms with van der Waals surface area (Å²) in [6, 6.07) is 60.4. The topological polar surface area (TPSA) is 32.8 Å². The van der Waals surface area contributed by atoms with Crippen LogP contribution in [0.1, 0.15) is 52.7 Å².